The predicted molar refractivity (Wildman–Crippen MR) is 81.9 cm³/mol. The largest absolute Gasteiger partial charge is 0.480 e. The van der Waals surface area contributed by atoms with Crippen LogP contribution in [0.1, 0.15) is 30.9 Å². The SMILES string of the molecule is O=C(O)[C@H](NS(=O)(=O)CCC1CCOCC1)c1ccccc1. The van der Waals surface area contributed by atoms with Gasteiger partial charge in [0.2, 0.25) is 10.0 Å². The minimum absolute atomic E-state index is 0.0612. The van der Waals surface area contributed by atoms with Crippen LogP contribution in [0.5, 0.6) is 0 Å². The van der Waals surface area contributed by atoms with E-state index in [4.69, 9.17) is 4.74 Å². The fourth-order valence-electron chi connectivity index (χ4n) is 2.50. The second kappa shape index (κ2) is 7.71. The van der Waals surface area contributed by atoms with Gasteiger partial charge in [0, 0.05) is 13.2 Å². The number of hydrogen-bond acceptors (Lipinski definition) is 4. The highest BCUT2D eigenvalue weighted by atomic mass is 32.2. The summed E-state index contributed by atoms with van der Waals surface area (Å²) in [5.41, 5.74) is 0.421. The van der Waals surface area contributed by atoms with Gasteiger partial charge >= 0.3 is 5.97 Å². The summed E-state index contributed by atoms with van der Waals surface area (Å²) in [5.74, 6) is -0.944. The van der Waals surface area contributed by atoms with Gasteiger partial charge in [-0.25, -0.2) is 8.42 Å². The molecule has 0 aliphatic carbocycles. The molecule has 0 spiro atoms. The summed E-state index contributed by atoms with van der Waals surface area (Å²) in [7, 11) is -3.64. The van der Waals surface area contributed by atoms with Crippen molar-refractivity contribution in [2.75, 3.05) is 19.0 Å². The van der Waals surface area contributed by atoms with Crippen molar-refractivity contribution in [1.29, 1.82) is 0 Å². The Labute approximate surface area is 130 Å². The molecule has 6 nitrogen and oxygen atoms in total. The van der Waals surface area contributed by atoms with E-state index in [-0.39, 0.29) is 5.75 Å². The van der Waals surface area contributed by atoms with Gasteiger partial charge in [0.05, 0.1) is 5.75 Å². The molecule has 22 heavy (non-hydrogen) atoms. The molecule has 0 bridgehead atoms. The zero-order valence-electron chi connectivity index (χ0n) is 12.3. The summed E-state index contributed by atoms with van der Waals surface area (Å²) < 4.78 is 31.8. The molecule has 1 fully saturated rings. The maximum absolute atomic E-state index is 12.2. The van der Waals surface area contributed by atoms with E-state index >= 15 is 0 Å². The molecule has 2 rings (SSSR count). The van der Waals surface area contributed by atoms with Crippen molar-refractivity contribution in [3.63, 3.8) is 0 Å². The van der Waals surface area contributed by atoms with E-state index in [0.29, 0.717) is 31.1 Å². The van der Waals surface area contributed by atoms with Crippen LogP contribution in [0.2, 0.25) is 0 Å². The number of benzene rings is 1. The molecule has 2 N–H and O–H groups in total. The molecular weight excluding hydrogens is 306 g/mol. The Bertz CT molecular complexity index is 581. The van der Waals surface area contributed by atoms with Crippen LogP contribution in [0, 0.1) is 5.92 Å². The van der Waals surface area contributed by atoms with Gasteiger partial charge < -0.3 is 9.84 Å². The van der Waals surface area contributed by atoms with Crippen LogP contribution in [0.4, 0.5) is 0 Å². The van der Waals surface area contributed by atoms with Crippen LogP contribution in [-0.4, -0.2) is 38.5 Å². The number of sulfonamides is 1. The third-order valence-corrected chi connectivity index (χ3v) is 5.18. The Morgan fingerprint density at radius 2 is 1.91 bits per heavy atom. The van der Waals surface area contributed by atoms with E-state index in [1.807, 2.05) is 0 Å². The standard InChI is InChI=1S/C15H21NO5S/c17-15(18)14(13-4-2-1-3-5-13)16-22(19,20)11-8-12-6-9-21-10-7-12/h1-5,12,14,16H,6-11H2,(H,17,18)/t14-/m1/s1. The monoisotopic (exact) mass is 327 g/mol. The molecule has 122 valence electrons. The summed E-state index contributed by atoms with van der Waals surface area (Å²) in [6, 6.07) is 7.06. The zero-order valence-corrected chi connectivity index (χ0v) is 13.1. The minimum atomic E-state index is -3.64. The molecule has 1 saturated heterocycles. The number of ether oxygens (including phenoxy) is 1. The highest BCUT2D eigenvalue weighted by molar-refractivity contribution is 7.89. The molecule has 1 aromatic carbocycles. The van der Waals surface area contributed by atoms with Crippen LogP contribution in [-0.2, 0) is 19.6 Å². The Kier molecular flexibility index (Phi) is 5.93. The number of carboxylic acids is 1. The average Bonchev–Trinajstić information content (AvgIpc) is 2.52. The quantitative estimate of drug-likeness (QED) is 0.792. The maximum atomic E-state index is 12.2. The highest BCUT2D eigenvalue weighted by Gasteiger charge is 2.26. The number of carbonyl (C=O) groups is 1. The van der Waals surface area contributed by atoms with Crippen LogP contribution < -0.4 is 4.72 Å². The van der Waals surface area contributed by atoms with Gasteiger partial charge in [-0.2, -0.15) is 4.72 Å². The normalized spacial score (nSPS) is 18.0. The van der Waals surface area contributed by atoms with Gasteiger partial charge in [-0.15, -0.1) is 0 Å². The smallest absolute Gasteiger partial charge is 0.326 e. The summed E-state index contributed by atoms with van der Waals surface area (Å²) in [6.07, 6.45) is 2.24. The van der Waals surface area contributed by atoms with E-state index in [1.54, 1.807) is 30.3 Å². The van der Waals surface area contributed by atoms with Crippen molar-refractivity contribution in [3.8, 4) is 0 Å². The number of rotatable bonds is 7. The Morgan fingerprint density at radius 3 is 2.50 bits per heavy atom. The lowest BCUT2D eigenvalue weighted by Crippen LogP contribution is -2.36. The molecule has 1 aliphatic heterocycles. The van der Waals surface area contributed by atoms with Gasteiger partial charge in [0.1, 0.15) is 6.04 Å². The van der Waals surface area contributed by atoms with E-state index in [9.17, 15) is 18.3 Å². The van der Waals surface area contributed by atoms with E-state index in [2.05, 4.69) is 4.72 Å². The molecular formula is C15H21NO5S. The van der Waals surface area contributed by atoms with Crippen molar-refractivity contribution in [1.82, 2.24) is 4.72 Å². The molecule has 7 heteroatoms. The Hall–Kier alpha value is -1.44. The number of aliphatic carboxylic acids is 1. The first-order valence-electron chi connectivity index (χ1n) is 7.33. The molecule has 0 amide bonds. The first-order chi connectivity index (χ1) is 10.5. The summed E-state index contributed by atoms with van der Waals surface area (Å²) >= 11 is 0. The average molecular weight is 327 g/mol. The van der Waals surface area contributed by atoms with Crippen LogP contribution in [0.15, 0.2) is 30.3 Å². The van der Waals surface area contributed by atoms with Gasteiger partial charge in [0.25, 0.3) is 0 Å². The fraction of sp³-hybridized carbons (Fsp3) is 0.533. The van der Waals surface area contributed by atoms with Crippen LogP contribution >= 0.6 is 0 Å². The first kappa shape index (κ1) is 16.9. The summed E-state index contributed by atoms with van der Waals surface area (Å²) in [5, 5.41) is 9.26. The Balaban J connectivity index is 1.97. The molecule has 1 atom stereocenters. The second-order valence-corrected chi connectivity index (χ2v) is 7.34. The van der Waals surface area contributed by atoms with Crippen molar-refractivity contribution in [3.05, 3.63) is 35.9 Å². The van der Waals surface area contributed by atoms with Gasteiger partial charge in [-0.3, -0.25) is 4.79 Å². The number of nitrogens with one attached hydrogen (secondary N) is 1. The van der Waals surface area contributed by atoms with Gasteiger partial charge in [-0.05, 0) is 30.7 Å². The lowest BCUT2D eigenvalue weighted by Gasteiger charge is -2.22. The van der Waals surface area contributed by atoms with Crippen molar-refractivity contribution < 1.29 is 23.1 Å². The lowest BCUT2D eigenvalue weighted by molar-refractivity contribution is -0.139. The van der Waals surface area contributed by atoms with E-state index in [0.717, 1.165) is 12.8 Å². The molecule has 0 unspecified atom stereocenters. The van der Waals surface area contributed by atoms with E-state index < -0.39 is 22.0 Å². The minimum Gasteiger partial charge on any atom is -0.480 e. The third kappa shape index (κ3) is 5.08. The van der Waals surface area contributed by atoms with Gasteiger partial charge in [-0.1, -0.05) is 30.3 Å². The molecule has 0 aromatic heterocycles. The lowest BCUT2D eigenvalue weighted by atomic mass is 9.98. The number of hydrogen-bond donors (Lipinski definition) is 2. The predicted octanol–water partition coefficient (Wildman–Crippen LogP) is 1.55. The molecule has 0 radical (unpaired) electrons. The van der Waals surface area contributed by atoms with Crippen LogP contribution in [0.25, 0.3) is 0 Å². The van der Waals surface area contributed by atoms with Crippen LogP contribution in [0.3, 0.4) is 0 Å². The third-order valence-electron chi connectivity index (χ3n) is 3.81. The maximum Gasteiger partial charge on any atom is 0.326 e. The number of carboxylic acid groups (broad SMARTS) is 1. The zero-order chi connectivity index (χ0) is 16.0. The first-order valence-corrected chi connectivity index (χ1v) is 8.98. The topological polar surface area (TPSA) is 92.7 Å². The second-order valence-electron chi connectivity index (χ2n) is 5.46. The summed E-state index contributed by atoms with van der Waals surface area (Å²) in [6.45, 7) is 1.33. The Morgan fingerprint density at radius 1 is 1.27 bits per heavy atom. The highest BCUT2D eigenvalue weighted by Crippen LogP contribution is 2.20. The molecule has 1 aromatic rings. The van der Waals surface area contributed by atoms with E-state index in [1.165, 1.54) is 0 Å². The fourth-order valence-corrected chi connectivity index (χ4v) is 3.86. The molecule has 1 heterocycles. The van der Waals surface area contributed by atoms with Crippen molar-refractivity contribution >= 4 is 16.0 Å². The van der Waals surface area contributed by atoms with Gasteiger partial charge in [0.15, 0.2) is 0 Å². The molecule has 1 aliphatic rings. The van der Waals surface area contributed by atoms with Crippen molar-refractivity contribution in [2.45, 2.75) is 25.3 Å². The summed E-state index contributed by atoms with van der Waals surface area (Å²) in [4.78, 5) is 11.3. The molecule has 0 saturated carbocycles. The van der Waals surface area contributed by atoms with Crippen molar-refractivity contribution in [2.24, 2.45) is 5.92 Å².